The zero-order valence-corrected chi connectivity index (χ0v) is 11.4. The Hall–Kier alpha value is -1.03. The predicted octanol–water partition coefficient (Wildman–Crippen LogP) is 2.57. The predicted molar refractivity (Wildman–Crippen MR) is 71.6 cm³/mol. The minimum absolute atomic E-state index is 0.395. The lowest BCUT2D eigenvalue weighted by molar-refractivity contribution is -0.114. The van der Waals surface area contributed by atoms with E-state index < -0.39 is 0 Å². The van der Waals surface area contributed by atoms with Gasteiger partial charge < -0.3 is 10.1 Å². The van der Waals surface area contributed by atoms with Crippen LogP contribution in [0, 0.1) is 5.41 Å². The van der Waals surface area contributed by atoms with Crippen LogP contribution in [0.25, 0.3) is 0 Å². The maximum absolute atomic E-state index is 5.93. The number of rotatable bonds is 4. The van der Waals surface area contributed by atoms with Crippen molar-refractivity contribution in [3.8, 4) is 0 Å². The molecule has 1 heterocycles. The van der Waals surface area contributed by atoms with Gasteiger partial charge in [0.25, 0.3) is 0 Å². The summed E-state index contributed by atoms with van der Waals surface area (Å²) >= 11 is 0. The fourth-order valence-corrected chi connectivity index (χ4v) is 3.79. The smallest absolute Gasteiger partial charge is 0.0728 e. The van der Waals surface area contributed by atoms with Crippen molar-refractivity contribution in [1.29, 1.82) is 0 Å². The lowest BCUT2D eigenvalue weighted by Crippen LogP contribution is -2.60. The third-order valence-electron chi connectivity index (χ3n) is 4.73. The molecule has 0 saturated heterocycles. The number of nitrogens with zero attached hydrogens (tertiary/aromatic N) is 2. The fraction of sp³-hybridized carbons (Fsp3) is 0.786. The zero-order valence-electron chi connectivity index (χ0n) is 11.4. The van der Waals surface area contributed by atoms with E-state index in [2.05, 4.69) is 23.5 Å². The Morgan fingerprint density at radius 1 is 1.50 bits per heavy atom. The van der Waals surface area contributed by atoms with Crippen LogP contribution in [0.15, 0.2) is 12.4 Å². The van der Waals surface area contributed by atoms with Crippen LogP contribution < -0.4 is 5.32 Å². The van der Waals surface area contributed by atoms with Gasteiger partial charge in [0.2, 0.25) is 0 Å². The highest BCUT2D eigenvalue weighted by Gasteiger charge is 2.56. The van der Waals surface area contributed by atoms with E-state index in [0.29, 0.717) is 17.6 Å². The third kappa shape index (κ3) is 1.83. The molecule has 4 nitrogen and oxygen atoms in total. The second-order valence-corrected chi connectivity index (χ2v) is 5.72. The van der Waals surface area contributed by atoms with E-state index in [1.165, 1.54) is 25.7 Å². The largest absolute Gasteiger partial charge is 0.379 e. The molecule has 1 spiro atoms. The van der Waals surface area contributed by atoms with Crippen molar-refractivity contribution >= 4 is 5.69 Å². The first kappa shape index (κ1) is 12.0. The van der Waals surface area contributed by atoms with Gasteiger partial charge in [-0.25, -0.2) is 0 Å². The molecule has 1 aromatic heterocycles. The Morgan fingerprint density at radius 3 is 2.89 bits per heavy atom. The van der Waals surface area contributed by atoms with Crippen LogP contribution in [0.4, 0.5) is 5.69 Å². The molecule has 2 unspecified atom stereocenters. The number of nitrogens with one attached hydrogen (secondary N) is 1. The minimum atomic E-state index is 0.395. The number of aromatic nitrogens is 2. The number of hydrogen-bond donors (Lipinski definition) is 1. The molecule has 0 bridgehead atoms. The van der Waals surface area contributed by atoms with Gasteiger partial charge in [0, 0.05) is 31.3 Å². The zero-order chi connectivity index (χ0) is 12.6. The first-order valence-corrected chi connectivity index (χ1v) is 7.11. The fourth-order valence-electron chi connectivity index (χ4n) is 3.79. The normalized spacial score (nSPS) is 29.4. The van der Waals surface area contributed by atoms with E-state index in [9.17, 15) is 0 Å². The first-order chi connectivity index (χ1) is 8.74. The lowest BCUT2D eigenvalue weighted by Gasteiger charge is -2.54. The molecule has 0 amide bonds. The topological polar surface area (TPSA) is 39.1 Å². The Morgan fingerprint density at radius 2 is 2.28 bits per heavy atom. The highest BCUT2D eigenvalue weighted by Crippen LogP contribution is 2.55. The molecule has 0 aliphatic heterocycles. The molecule has 4 heteroatoms. The summed E-state index contributed by atoms with van der Waals surface area (Å²) in [7, 11) is 1.96. The van der Waals surface area contributed by atoms with Crippen LogP contribution in [0.3, 0.4) is 0 Å². The Kier molecular flexibility index (Phi) is 3.06. The van der Waals surface area contributed by atoms with Gasteiger partial charge in [0.15, 0.2) is 0 Å². The van der Waals surface area contributed by atoms with Crippen molar-refractivity contribution < 1.29 is 4.74 Å². The molecular formula is C14H23N3O. The summed E-state index contributed by atoms with van der Waals surface area (Å²) < 4.78 is 7.78. The Bertz CT molecular complexity index is 409. The van der Waals surface area contributed by atoms with Crippen molar-refractivity contribution in [3.05, 3.63) is 12.4 Å². The van der Waals surface area contributed by atoms with Crippen molar-refractivity contribution in [2.45, 2.75) is 51.2 Å². The van der Waals surface area contributed by atoms with E-state index in [-0.39, 0.29) is 0 Å². The molecule has 0 aromatic carbocycles. The molecule has 2 fully saturated rings. The highest BCUT2D eigenvalue weighted by atomic mass is 16.5. The summed E-state index contributed by atoms with van der Waals surface area (Å²) in [5.74, 6) is 0. The third-order valence-corrected chi connectivity index (χ3v) is 4.73. The minimum Gasteiger partial charge on any atom is -0.379 e. The molecule has 3 rings (SSSR count). The van der Waals surface area contributed by atoms with Crippen molar-refractivity contribution in [2.24, 2.45) is 12.5 Å². The maximum Gasteiger partial charge on any atom is 0.0728 e. The number of aryl methyl sites for hydroxylation is 1. The van der Waals surface area contributed by atoms with Gasteiger partial charge in [0.1, 0.15) is 0 Å². The number of ether oxygens (including phenoxy) is 1. The molecular weight excluding hydrogens is 226 g/mol. The molecule has 2 aliphatic carbocycles. The molecule has 2 atom stereocenters. The van der Waals surface area contributed by atoms with Gasteiger partial charge in [-0.15, -0.1) is 0 Å². The summed E-state index contributed by atoms with van der Waals surface area (Å²) in [4.78, 5) is 0. The van der Waals surface area contributed by atoms with E-state index >= 15 is 0 Å². The van der Waals surface area contributed by atoms with Gasteiger partial charge in [-0.1, -0.05) is 12.8 Å². The summed E-state index contributed by atoms with van der Waals surface area (Å²) in [6, 6.07) is 0.570. The van der Waals surface area contributed by atoms with E-state index in [1.807, 2.05) is 17.9 Å². The summed E-state index contributed by atoms with van der Waals surface area (Å²) in [6.45, 7) is 2.94. The molecule has 100 valence electrons. The van der Waals surface area contributed by atoms with E-state index in [4.69, 9.17) is 4.74 Å². The number of anilines is 1. The highest BCUT2D eigenvalue weighted by molar-refractivity contribution is 5.41. The van der Waals surface area contributed by atoms with Gasteiger partial charge in [-0.3, -0.25) is 4.68 Å². The van der Waals surface area contributed by atoms with Gasteiger partial charge in [-0.05, 0) is 26.2 Å². The summed E-state index contributed by atoms with van der Waals surface area (Å²) in [5, 5.41) is 7.88. The average Bonchev–Trinajstić information content (AvgIpc) is 2.98. The quantitative estimate of drug-likeness (QED) is 0.891. The molecule has 1 N–H and O–H groups in total. The number of hydrogen-bond acceptors (Lipinski definition) is 3. The van der Waals surface area contributed by atoms with Crippen molar-refractivity contribution in [2.75, 3.05) is 11.9 Å². The first-order valence-electron chi connectivity index (χ1n) is 7.11. The molecule has 18 heavy (non-hydrogen) atoms. The van der Waals surface area contributed by atoms with Crippen LogP contribution in [0.2, 0.25) is 0 Å². The van der Waals surface area contributed by atoms with Crippen LogP contribution in [-0.2, 0) is 11.8 Å². The molecule has 0 radical (unpaired) electrons. The van der Waals surface area contributed by atoms with Crippen LogP contribution in [0.5, 0.6) is 0 Å². The standard InChI is InChI=1S/C14H23N3O/c1-3-18-13-8-12(14(13)6-4-5-7-14)16-11-9-15-17(2)10-11/h9-10,12-13,16H,3-8H2,1-2H3. The van der Waals surface area contributed by atoms with Crippen molar-refractivity contribution in [1.82, 2.24) is 9.78 Å². The van der Waals surface area contributed by atoms with Crippen LogP contribution in [0.1, 0.15) is 39.0 Å². The molecule has 1 aromatic rings. The van der Waals surface area contributed by atoms with E-state index in [1.54, 1.807) is 0 Å². The second-order valence-electron chi connectivity index (χ2n) is 5.72. The Balaban J connectivity index is 1.70. The molecule has 2 saturated carbocycles. The maximum atomic E-state index is 5.93. The Labute approximate surface area is 109 Å². The van der Waals surface area contributed by atoms with Gasteiger partial charge in [0.05, 0.1) is 18.0 Å². The monoisotopic (exact) mass is 249 g/mol. The van der Waals surface area contributed by atoms with Gasteiger partial charge in [-0.2, -0.15) is 5.10 Å². The van der Waals surface area contributed by atoms with Gasteiger partial charge >= 0.3 is 0 Å². The van der Waals surface area contributed by atoms with Crippen LogP contribution >= 0.6 is 0 Å². The van der Waals surface area contributed by atoms with Crippen LogP contribution in [-0.4, -0.2) is 28.5 Å². The summed E-state index contributed by atoms with van der Waals surface area (Å²) in [5.41, 5.74) is 1.54. The summed E-state index contributed by atoms with van der Waals surface area (Å²) in [6.07, 6.45) is 10.9. The SMILES string of the molecule is CCOC1CC(Nc2cnn(C)c2)C12CCCC2. The second kappa shape index (κ2) is 4.57. The molecule has 2 aliphatic rings. The average molecular weight is 249 g/mol. The lowest BCUT2D eigenvalue weighted by atomic mass is 9.60. The van der Waals surface area contributed by atoms with E-state index in [0.717, 1.165) is 18.7 Å². The van der Waals surface area contributed by atoms with Crippen molar-refractivity contribution in [3.63, 3.8) is 0 Å².